The minimum absolute atomic E-state index is 0.0549. The number of halogens is 1. The number of benzene rings is 1. The van der Waals surface area contributed by atoms with Gasteiger partial charge < -0.3 is 15.0 Å². The van der Waals surface area contributed by atoms with Crippen molar-refractivity contribution in [2.24, 2.45) is 7.05 Å². The lowest BCUT2D eigenvalue weighted by Gasteiger charge is -2.26. The largest absolute Gasteiger partial charge is 0.378 e. The summed E-state index contributed by atoms with van der Waals surface area (Å²) in [4.78, 5) is 42.9. The van der Waals surface area contributed by atoms with Crippen LogP contribution in [-0.4, -0.2) is 58.3 Å². The molecule has 0 unspecified atom stereocenters. The number of carbonyl (C=O) groups is 2. The monoisotopic (exact) mass is 406 g/mol. The number of hydrogen-bond acceptors (Lipinski definition) is 6. The molecule has 1 N–H and O–H groups in total. The average Bonchev–Trinajstić information content (AvgIpc) is 2.71. The Morgan fingerprint density at radius 2 is 1.93 bits per heavy atom. The van der Waals surface area contributed by atoms with Crippen molar-refractivity contribution in [1.29, 1.82) is 0 Å². The second-order valence-electron chi connectivity index (χ2n) is 6.06. The van der Waals surface area contributed by atoms with Gasteiger partial charge in [0.15, 0.2) is 5.16 Å². The number of morpholine rings is 1. The van der Waals surface area contributed by atoms with Crippen LogP contribution in [0.4, 0.5) is 10.1 Å². The number of anilines is 1. The molecule has 1 aromatic carbocycles. The molecule has 1 saturated heterocycles. The van der Waals surface area contributed by atoms with E-state index in [2.05, 4.69) is 10.3 Å². The molecule has 8 nitrogen and oxygen atoms in total. The van der Waals surface area contributed by atoms with Gasteiger partial charge in [0, 0.05) is 32.0 Å². The molecule has 0 bridgehead atoms. The van der Waals surface area contributed by atoms with Crippen LogP contribution in [0.15, 0.2) is 40.4 Å². The van der Waals surface area contributed by atoms with Crippen LogP contribution in [0.3, 0.4) is 0 Å². The molecule has 0 atom stereocenters. The van der Waals surface area contributed by atoms with Gasteiger partial charge in [-0.05, 0) is 24.3 Å². The lowest BCUT2D eigenvalue weighted by molar-refractivity contribution is -0.132. The highest BCUT2D eigenvalue weighted by Gasteiger charge is 2.19. The molecule has 1 aromatic heterocycles. The fourth-order valence-electron chi connectivity index (χ4n) is 2.58. The number of hydrogen-bond donors (Lipinski definition) is 1. The minimum Gasteiger partial charge on any atom is -0.378 e. The number of nitrogens with one attached hydrogen (secondary N) is 1. The molecular formula is C18H19FN4O4S. The highest BCUT2D eigenvalue weighted by atomic mass is 32.2. The molecule has 0 spiro atoms. The Hall–Kier alpha value is -2.72. The lowest BCUT2D eigenvalue weighted by atomic mass is 10.2. The van der Waals surface area contributed by atoms with Crippen LogP contribution >= 0.6 is 11.8 Å². The molecule has 28 heavy (non-hydrogen) atoms. The Kier molecular flexibility index (Phi) is 6.42. The van der Waals surface area contributed by atoms with Gasteiger partial charge in [0.1, 0.15) is 11.4 Å². The SMILES string of the molecule is Cn1c(SCC(=O)N2CCOCC2)ncc(C(=O)Nc2ccc(F)cc2)c1=O. The van der Waals surface area contributed by atoms with Gasteiger partial charge >= 0.3 is 0 Å². The van der Waals surface area contributed by atoms with E-state index >= 15 is 0 Å². The first-order valence-corrected chi connectivity index (χ1v) is 9.55. The molecule has 148 valence electrons. The van der Waals surface area contributed by atoms with E-state index in [0.29, 0.717) is 37.1 Å². The molecule has 0 radical (unpaired) electrons. The first-order chi connectivity index (χ1) is 13.5. The summed E-state index contributed by atoms with van der Waals surface area (Å²) < 4.78 is 19.4. The van der Waals surface area contributed by atoms with Gasteiger partial charge in [0.25, 0.3) is 11.5 Å². The highest BCUT2D eigenvalue weighted by molar-refractivity contribution is 7.99. The maximum Gasteiger partial charge on any atom is 0.266 e. The molecule has 0 aliphatic carbocycles. The van der Waals surface area contributed by atoms with Gasteiger partial charge in [-0.3, -0.25) is 19.0 Å². The first-order valence-electron chi connectivity index (χ1n) is 8.57. The summed E-state index contributed by atoms with van der Waals surface area (Å²) in [5, 5.41) is 2.87. The van der Waals surface area contributed by atoms with Crippen LogP contribution in [-0.2, 0) is 16.6 Å². The topological polar surface area (TPSA) is 93.5 Å². The standard InChI is InChI=1S/C18H19FN4O4S/c1-22-17(26)14(16(25)21-13-4-2-12(19)3-5-13)10-20-18(22)28-11-15(24)23-6-8-27-9-7-23/h2-5,10H,6-9,11H2,1H3,(H,21,25). The number of aromatic nitrogens is 2. The van der Waals surface area contributed by atoms with Crippen molar-refractivity contribution in [2.45, 2.75) is 5.16 Å². The van der Waals surface area contributed by atoms with Crippen molar-refractivity contribution < 1.29 is 18.7 Å². The number of carbonyl (C=O) groups excluding carboxylic acids is 2. The van der Waals surface area contributed by atoms with E-state index in [1.807, 2.05) is 0 Å². The number of rotatable bonds is 5. The van der Waals surface area contributed by atoms with Crippen molar-refractivity contribution in [2.75, 3.05) is 37.4 Å². The summed E-state index contributed by atoms with van der Waals surface area (Å²) >= 11 is 1.14. The predicted octanol–water partition coefficient (Wildman–Crippen LogP) is 1.12. The lowest BCUT2D eigenvalue weighted by Crippen LogP contribution is -2.41. The molecule has 2 heterocycles. The molecule has 2 amide bonds. The second-order valence-corrected chi connectivity index (χ2v) is 7.00. The zero-order chi connectivity index (χ0) is 20.1. The van der Waals surface area contributed by atoms with Crippen LogP contribution in [0, 0.1) is 5.82 Å². The van der Waals surface area contributed by atoms with Gasteiger partial charge in [0.05, 0.1) is 19.0 Å². The maximum absolute atomic E-state index is 12.9. The van der Waals surface area contributed by atoms with E-state index in [1.165, 1.54) is 42.1 Å². The zero-order valence-corrected chi connectivity index (χ0v) is 16.0. The van der Waals surface area contributed by atoms with Gasteiger partial charge in [-0.1, -0.05) is 11.8 Å². The molecule has 1 fully saturated rings. The number of nitrogens with zero attached hydrogens (tertiary/aromatic N) is 3. The third-order valence-electron chi connectivity index (χ3n) is 4.16. The second kappa shape index (κ2) is 8.98. The number of thioether (sulfide) groups is 1. The van der Waals surface area contributed by atoms with Crippen molar-refractivity contribution in [1.82, 2.24) is 14.5 Å². The van der Waals surface area contributed by atoms with Gasteiger partial charge in [0.2, 0.25) is 5.91 Å². The molecular weight excluding hydrogens is 387 g/mol. The number of ether oxygens (including phenoxy) is 1. The maximum atomic E-state index is 12.9. The Morgan fingerprint density at radius 1 is 1.25 bits per heavy atom. The van der Waals surface area contributed by atoms with Crippen LogP contribution < -0.4 is 10.9 Å². The quantitative estimate of drug-likeness (QED) is 0.591. The normalized spacial score (nSPS) is 14.0. The van der Waals surface area contributed by atoms with Crippen LogP contribution in [0.1, 0.15) is 10.4 Å². The van der Waals surface area contributed by atoms with E-state index < -0.39 is 17.3 Å². The molecule has 1 aliphatic rings. The van der Waals surface area contributed by atoms with Gasteiger partial charge in [-0.15, -0.1) is 0 Å². The Morgan fingerprint density at radius 3 is 2.61 bits per heavy atom. The van der Waals surface area contributed by atoms with E-state index in [0.717, 1.165) is 11.8 Å². The van der Waals surface area contributed by atoms with Crippen molar-refractivity contribution >= 4 is 29.3 Å². The van der Waals surface area contributed by atoms with E-state index in [4.69, 9.17) is 4.74 Å². The molecule has 1 aliphatic heterocycles. The van der Waals surface area contributed by atoms with Crippen LogP contribution in [0.25, 0.3) is 0 Å². The molecule has 3 rings (SSSR count). The Bertz CT molecular complexity index is 926. The zero-order valence-electron chi connectivity index (χ0n) is 15.2. The third-order valence-corrected chi connectivity index (χ3v) is 5.19. The summed E-state index contributed by atoms with van der Waals surface area (Å²) in [7, 11) is 1.49. The fourth-order valence-corrected chi connectivity index (χ4v) is 3.42. The van der Waals surface area contributed by atoms with Crippen molar-refractivity contribution in [3.8, 4) is 0 Å². The van der Waals surface area contributed by atoms with Gasteiger partial charge in [-0.2, -0.15) is 0 Å². The average molecular weight is 406 g/mol. The summed E-state index contributed by atoms with van der Waals surface area (Å²) in [6, 6.07) is 5.20. The van der Waals surface area contributed by atoms with E-state index in [1.54, 1.807) is 4.90 Å². The van der Waals surface area contributed by atoms with E-state index in [9.17, 15) is 18.8 Å². The number of amides is 2. The molecule has 10 heteroatoms. The first kappa shape index (κ1) is 20.0. The van der Waals surface area contributed by atoms with Crippen LogP contribution in [0.2, 0.25) is 0 Å². The summed E-state index contributed by atoms with van der Waals surface area (Å²) in [5.74, 6) is -0.980. The van der Waals surface area contributed by atoms with Crippen molar-refractivity contribution in [3.05, 3.63) is 52.2 Å². The highest BCUT2D eigenvalue weighted by Crippen LogP contribution is 2.15. The van der Waals surface area contributed by atoms with Crippen LogP contribution in [0.5, 0.6) is 0 Å². The summed E-state index contributed by atoms with van der Waals surface area (Å²) in [6.07, 6.45) is 1.18. The Balaban J connectivity index is 1.66. The molecule has 0 saturated carbocycles. The molecule has 2 aromatic rings. The van der Waals surface area contributed by atoms with Gasteiger partial charge in [-0.25, -0.2) is 9.37 Å². The Labute approximate surface area is 164 Å². The minimum atomic E-state index is -0.638. The van der Waals surface area contributed by atoms with E-state index in [-0.39, 0.29) is 17.2 Å². The fraction of sp³-hybridized carbons (Fsp3) is 0.333. The smallest absolute Gasteiger partial charge is 0.266 e. The predicted molar refractivity (Wildman–Crippen MR) is 102 cm³/mol. The van der Waals surface area contributed by atoms with Crippen molar-refractivity contribution in [3.63, 3.8) is 0 Å². The third kappa shape index (κ3) is 4.76. The summed E-state index contributed by atoms with van der Waals surface area (Å²) in [5.41, 5.74) is -0.311. The summed E-state index contributed by atoms with van der Waals surface area (Å²) in [6.45, 7) is 2.14.